The molecule has 2 unspecified atom stereocenters. The van der Waals surface area contributed by atoms with Gasteiger partial charge in [0, 0.05) is 0 Å². The van der Waals surface area contributed by atoms with Gasteiger partial charge in [0.1, 0.15) is 6.10 Å². The van der Waals surface area contributed by atoms with Crippen LogP contribution in [0.3, 0.4) is 0 Å². The van der Waals surface area contributed by atoms with E-state index in [-0.39, 0.29) is 5.60 Å². The van der Waals surface area contributed by atoms with Gasteiger partial charge in [0.15, 0.2) is 0 Å². The predicted molar refractivity (Wildman–Crippen MR) is 89.9 cm³/mol. The Labute approximate surface area is 136 Å². The minimum absolute atomic E-state index is 0.0787. The van der Waals surface area contributed by atoms with Crippen molar-refractivity contribution < 1.29 is 14.2 Å². The van der Waals surface area contributed by atoms with Gasteiger partial charge >= 0.3 is 0 Å². The Balaban J connectivity index is 1.92. The summed E-state index contributed by atoms with van der Waals surface area (Å²) in [4.78, 5) is 0. The topological polar surface area (TPSA) is 31.0 Å². The molecule has 1 saturated carbocycles. The number of hydrogen-bond acceptors (Lipinski definition) is 3. The molecule has 128 valence electrons. The van der Waals surface area contributed by atoms with Crippen molar-refractivity contribution in [2.75, 3.05) is 19.8 Å². The molecular formula is C19H34O3. The van der Waals surface area contributed by atoms with Crippen molar-refractivity contribution in [3.05, 3.63) is 12.8 Å². The first kappa shape index (κ1) is 17.8. The van der Waals surface area contributed by atoms with E-state index in [0.717, 1.165) is 32.2 Å². The Morgan fingerprint density at radius 2 is 1.95 bits per heavy atom. The van der Waals surface area contributed by atoms with Crippen LogP contribution in [0, 0.1) is 5.92 Å². The molecule has 0 aromatic carbocycles. The SMILES string of the molecule is C=COCCCCC(CCC)(OCC1CO1)C1CCCCC1. The third kappa shape index (κ3) is 5.58. The maximum atomic E-state index is 6.55. The van der Waals surface area contributed by atoms with Crippen LogP contribution in [0.4, 0.5) is 0 Å². The van der Waals surface area contributed by atoms with E-state index in [1.165, 1.54) is 57.8 Å². The predicted octanol–water partition coefficient (Wildman–Crippen LogP) is 4.85. The van der Waals surface area contributed by atoms with Crippen molar-refractivity contribution >= 4 is 0 Å². The van der Waals surface area contributed by atoms with Crippen molar-refractivity contribution in [2.45, 2.75) is 82.8 Å². The Bertz CT molecular complexity index is 308. The van der Waals surface area contributed by atoms with Crippen LogP contribution in [0.5, 0.6) is 0 Å². The molecule has 3 heteroatoms. The van der Waals surface area contributed by atoms with Gasteiger partial charge in [-0.3, -0.25) is 0 Å². The Hall–Kier alpha value is -0.540. The standard InChI is InChI=1S/C19H34O3/c1-3-12-19(22-16-18-15-21-18,13-8-9-14-20-4-2)17-10-6-5-7-11-17/h4,17-18H,2-3,5-16H2,1H3. The van der Waals surface area contributed by atoms with Gasteiger partial charge in [-0.2, -0.15) is 0 Å². The number of hydrogen-bond donors (Lipinski definition) is 0. The molecule has 0 amide bonds. The van der Waals surface area contributed by atoms with Crippen LogP contribution < -0.4 is 0 Å². The molecule has 2 fully saturated rings. The normalized spacial score (nSPS) is 24.7. The number of epoxide rings is 1. The number of ether oxygens (including phenoxy) is 3. The third-order valence-corrected chi connectivity index (χ3v) is 5.21. The smallest absolute Gasteiger partial charge is 0.104 e. The van der Waals surface area contributed by atoms with Crippen LogP contribution in [-0.4, -0.2) is 31.5 Å². The van der Waals surface area contributed by atoms with E-state index >= 15 is 0 Å². The largest absolute Gasteiger partial charge is 0.502 e. The first-order valence-corrected chi connectivity index (χ1v) is 9.29. The highest BCUT2D eigenvalue weighted by Crippen LogP contribution is 2.42. The summed E-state index contributed by atoms with van der Waals surface area (Å²) in [6, 6.07) is 0. The molecule has 0 radical (unpaired) electrons. The highest BCUT2D eigenvalue weighted by molar-refractivity contribution is 4.91. The van der Waals surface area contributed by atoms with Crippen LogP contribution in [0.1, 0.15) is 71.1 Å². The molecule has 1 aliphatic carbocycles. The summed E-state index contributed by atoms with van der Waals surface area (Å²) in [6.45, 7) is 8.35. The first-order valence-electron chi connectivity index (χ1n) is 9.29. The highest BCUT2D eigenvalue weighted by Gasteiger charge is 2.40. The van der Waals surface area contributed by atoms with Crippen molar-refractivity contribution in [2.24, 2.45) is 5.92 Å². The van der Waals surface area contributed by atoms with Gasteiger partial charge in [-0.05, 0) is 44.4 Å². The van der Waals surface area contributed by atoms with Gasteiger partial charge < -0.3 is 14.2 Å². The minimum Gasteiger partial charge on any atom is -0.502 e. The molecule has 0 aromatic rings. The van der Waals surface area contributed by atoms with E-state index in [2.05, 4.69) is 13.5 Å². The van der Waals surface area contributed by atoms with Gasteiger partial charge in [0.25, 0.3) is 0 Å². The summed E-state index contributed by atoms with van der Waals surface area (Å²) in [6.07, 6.45) is 14.6. The number of unbranched alkanes of at least 4 members (excludes halogenated alkanes) is 1. The lowest BCUT2D eigenvalue weighted by molar-refractivity contribution is -0.113. The molecule has 0 spiro atoms. The second-order valence-electron chi connectivity index (χ2n) is 6.91. The van der Waals surface area contributed by atoms with Crippen LogP contribution in [-0.2, 0) is 14.2 Å². The molecule has 1 heterocycles. The molecule has 22 heavy (non-hydrogen) atoms. The van der Waals surface area contributed by atoms with Gasteiger partial charge in [-0.1, -0.05) is 39.2 Å². The molecule has 2 atom stereocenters. The summed E-state index contributed by atoms with van der Waals surface area (Å²) in [7, 11) is 0. The van der Waals surface area contributed by atoms with Crippen molar-refractivity contribution in [1.82, 2.24) is 0 Å². The van der Waals surface area contributed by atoms with E-state index < -0.39 is 0 Å². The number of rotatable bonds is 12. The molecule has 0 bridgehead atoms. The molecule has 0 N–H and O–H groups in total. The van der Waals surface area contributed by atoms with Crippen molar-refractivity contribution in [1.29, 1.82) is 0 Å². The fourth-order valence-electron chi connectivity index (χ4n) is 3.96. The average Bonchev–Trinajstić information content (AvgIpc) is 3.37. The summed E-state index contributed by atoms with van der Waals surface area (Å²) < 4.78 is 17.2. The molecule has 2 rings (SSSR count). The lowest BCUT2D eigenvalue weighted by Crippen LogP contribution is -2.43. The maximum absolute atomic E-state index is 6.55. The van der Waals surface area contributed by atoms with Crippen LogP contribution >= 0.6 is 0 Å². The monoisotopic (exact) mass is 310 g/mol. The zero-order valence-electron chi connectivity index (χ0n) is 14.4. The lowest BCUT2D eigenvalue weighted by Gasteiger charge is -2.43. The zero-order chi connectivity index (χ0) is 15.7. The molecule has 1 saturated heterocycles. The summed E-state index contributed by atoms with van der Waals surface area (Å²) >= 11 is 0. The Morgan fingerprint density at radius 3 is 2.59 bits per heavy atom. The van der Waals surface area contributed by atoms with E-state index in [0.29, 0.717) is 6.10 Å². The molecule has 3 nitrogen and oxygen atoms in total. The quantitative estimate of drug-likeness (QED) is 0.293. The third-order valence-electron chi connectivity index (χ3n) is 5.21. The maximum Gasteiger partial charge on any atom is 0.104 e. The van der Waals surface area contributed by atoms with Gasteiger partial charge in [0.05, 0.1) is 31.7 Å². The second-order valence-corrected chi connectivity index (χ2v) is 6.91. The van der Waals surface area contributed by atoms with Gasteiger partial charge in [0.2, 0.25) is 0 Å². The fourth-order valence-corrected chi connectivity index (χ4v) is 3.96. The van der Waals surface area contributed by atoms with Crippen LogP contribution in [0.2, 0.25) is 0 Å². The van der Waals surface area contributed by atoms with E-state index in [1.807, 2.05) is 0 Å². The second kappa shape index (κ2) is 9.57. The zero-order valence-corrected chi connectivity index (χ0v) is 14.4. The summed E-state index contributed by atoms with van der Waals surface area (Å²) in [5, 5.41) is 0. The first-order chi connectivity index (χ1) is 10.8. The Kier molecular flexibility index (Phi) is 7.74. The van der Waals surface area contributed by atoms with Gasteiger partial charge in [-0.25, -0.2) is 0 Å². The van der Waals surface area contributed by atoms with E-state index in [1.54, 1.807) is 6.26 Å². The van der Waals surface area contributed by atoms with Gasteiger partial charge in [-0.15, -0.1) is 0 Å². The minimum atomic E-state index is 0.0787. The van der Waals surface area contributed by atoms with Crippen molar-refractivity contribution in [3.63, 3.8) is 0 Å². The average molecular weight is 310 g/mol. The van der Waals surface area contributed by atoms with E-state index in [9.17, 15) is 0 Å². The summed E-state index contributed by atoms with van der Waals surface area (Å²) in [5.74, 6) is 0.736. The molecule has 0 aromatic heterocycles. The highest BCUT2D eigenvalue weighted by atomic mass is 16.6. The Morgan fingerprint density at radius 1 is 1.18 bits per heavy atom. The lowest BCUT2D eigenvalue weighted by atomic mass is 9.72. The van der Waals surface area contributed by atoms with Crippen molar-refractivity contribution in [3.8, 4) is 0 Å². The molecular weight excluding hydrogens is 276 g/mol. The molecule has 2 aliphatic rings. The van der Waals surface area contributed by atoms with Crippen LogP contribution in [0.25, 0.3) is 0 Å². The van der Waals surface area contributed by atoms with Crippen LogP contribution in [0.15, 0.2) is 12.8 Å². The fraction of sp³-hybridized carbons (Fsp3) is 0.895. The molecule has 1 aliphatic heterocycles. The summed E-state index contributed by atoms with van der Waals surface area (Å²) in [5.41, 5.74) is 0.0787. The van der Waals surface area contributed by atoms with E-state index in [4.69, 9.17) is 14.2 Å².